The van der Waals surface area contributed by atoms with Crippen LogP contribution in [0.2, 0.25) is 10.0 Å². The Balaban J connectivity index is 2.38. The lowest BCUT2D eigenvalue weighted by Gasteiger charge is -2.06. The number of ether oxygens (including phenoxy) is 1. The minimum Gasteiger partial charge on any atom is -0.421 e. The molecule has 8 nitrogen and oxygen atoms in total. The molecule has 0 saturated carbocycles. The summed E-state index contributed by atoms with van der Waals surface area (Å²) in [6.45, 7) is 0. The SMILES string of the molecule is O=C(Oc1ccc(Cl)cc1Cl)c1cc([N+](=O)[O-])cc([N+](=O)[O-])c1. The summed E-state index contributed by atoms with van der Waals surface area (Å²) in [7, 11) is 0. The van der Waals surface area contributed by atoms with Gasteiger partial charge in [0, 0.05) is 17.2 Å². The van der Waals surface area contributed by atoms with Crippen molar-refractivity contribution in [2.24, 2.45) is 0 Å². The Morgan fingerprint density at radius 1 is 0.957 bits per heavy atom. The van der Waals surface area contributed by atoms with Crippen molar-refractivity contribution in [2.45, 2.75) is 0 Å². The maximum absolute atomic E-state index is 12.0. The zero-order chi connectivity index (χ0) is 17.1. The van der Waals surface area contributed by atoms with Crippen molar-refractivity contribution < 1.29 is 19.4 Å². The van der Waals surface area contributed by atoms with Crippen LogP contribution in [0.25, 0.3) is 0 Å². The van der Waals surface area contributed by atoms with Crippen LogP contribution in [0.1, 0.15) is 10.4 Å². The van der Waals surface area contributed by atoms with Gasteiger partial charge in [-0.25, -0.2) is 4.79 Å². The number of nitrogens with zero attached hydrogens (tertiary/aromatic N) is 2. The quantitative estimate of drug-likeness (QED) is 0.353. The predicted octanol–water partition coefficient (Wildman–Crippen LogP) is 4.03. The topological polar surface area (TPSA) is 113 Å². The van der Waals surface area contributed by atoms with E-state index < -0.39 is 27.2 Å². The van der Waals surface area contributed by atoms with Crippen LogP contribution in [0.4, 0.5) is 11.4 Å². The van der Waals surface area contributed by atoms with E-state index in [9.17, 15) is 25.0 Å². The number of halogens is 2. The molecule has 0 unspecified atom stereocenters. The molecule has 2 aromatic carbocycles. The molecule has 0 fully saturated rings. The van der Waals surface area contributed by atoms with E-state index in [-0.39, 0.29) is 16.3 Å². The minimum atomic E-state index is -1.03. The summed E-state index contributed by atoms with van der Waals surface area (Å²) in [6, 6.07) is 6.58. The molecule has 2 rings (SSSR count). The number of rotatable bonds is 4. The summed E-state index contributed by atoms with van der Waals surface area (Å²) in [5, 5.41) is 22.0. The molecule has 0 bridgehead atoms. The summed E-state index contributed by atoms with van der Waals surface area (Å²) in [5.74, 6) is -1.06. The number of non-ortho nitro benzene ring substituents is 2. The molecule has 0 atom stereocenters. The van der Waals surface area contributed by atoms with Crippen molar-refractivity contribution in [3.05, 3.63) is 72.2 Å². The molecule has 2 aromatic rings. The van der Waals surface area contributed by atoms with Gasteiger partial charge in [0.25, 0.3) is 11.4 Å². The number of nitro benzene ring substituents is 2. The molecular formula is C13H6Cl2N2O6. The monoisotopic (exact) mass is 356 g/mol. The van der Waals surface area contributed by atoms with Crippen molar-refractivity contribution in [2.75, 3.05) is 0 Å². The predicted molar refractivity (Wildman–Crippen MR) is 81.2 cm³/mol. The summed E-state index contributed by atoms with van der Waals surface area (Å²) >= 11 is 11.6. The molecule has 0 N–H and O–H groups in total. The molecule has 0 heterocycles. The first-order valence-electron chi connectivity index (χ1n) is 5.89. The second-order valence-corrected chi connectivity index (χ2v) is 5.06. The van der Waals surface area contributed by atoms with Gasteiger partial charge in [-0.05, 0) is 18.2 Å². The van der Waals surface area contributed by atoms with E-state index in [0.29, 0.717) is 5.02 Å². The number of esters is 1. The number of hydrogen-bond acceptors (Lipinski definition) is 6. The highest BCUT2D eigenvalue weighted by Gasteiger charge is 2.21. The van der Waals surface area contributed by atoms with Crippen LogP contribution in [-0.4, -0.2) is 15.8 Å². The number of hydrogen-bond donors (Lipinski definition) is 0. The molecule has 23 heavy (non-hydrogen) atoms. The third-order valence-corrected chi connectivity index (χ3v) is 3.19. The van der Waals surface area contributed by atoms with Crippen molar-refractivity contribution in [3.8, 4) is 5.75 Å². The Bertz CT molecular complexity index is 792. The van der Waals surface area contributed by atoms with E-state index >= 15 is 0 Å². The summed E-state index contributed by atoms with van der Waals surface area (Å²) < 4.78 is 4.98. The van der Waals surface area contributed by atoms with Gasteiger partial charge in [0.1, 0.15) is 5.75 Å². The van der Waals surface area contributed by atoms with Gasteiger partial charge in [0.15, 0.2) is 0 Å². The van der Waals surface area contributed by atoms with Crippen molar-refractivity contribution in [1.82, 2.24) is 0 Å². The Labute approximate surface area is 138 Å². The second kappa shape index (κ2) is 6.59. The zero-order valence-electron chi connectivity index (χ0n) is 11.1. The Hall–Kier alpha value is -2.71. The first-order valence-corrected chi connectivity index (χ1v) is 6.64. The largest absolute Gasteiger partial charge is 0.421 e. The standard InChI is InChI=1S/C13H6Cl2N2O6/c14-8-1-2-12(11(15)5-8)23-13(18)7-3-9(16(19)20)6-10(4-7)17(21)22/h1-6H. The lowest BCUT2D eigenvalue weighted by atomic mass is 10.2. The minimum absolute atomic E-state index is 0.0322. The first-order chi connectivity index (χ1) is 10.8. The lowest BCUT2D eigenvalue weighted by Crippen LogP contribution is -2.10. The van der Waals surface area contributed by atoms with E-state index in [1.807, 2.05) is 0 Å². The van der Waals surface area contributed by atoms with Crippen molar-refractivity contribution in [1.29, 1.82) is 0 Å². The van der Waals surface area contributed by atoms with E-state index in [1.54, 1.807) is 0 Å². The van der Waals surface area contributed by atoms with Crippen LogP contribution in [0.3, 0.4) is 0 Å². The van der Waals surface area contributed by atoms with E-state index in [1.165, 1.54) is 18.2 Å². The highest BCUT2D eigenvalue weighted by atomic mass is 35.5. The summed E-state index contributed by atoms with van der Waals surface area (Å²) in [6.07, 6.45) is 0. The number of carbonyl (C=O) groups is 1. The fourth-order valence-electron chi connectivity index (χ4n) is 1.64. The van der Waals surface area contributed by atoms with E-state index in [2.05, 4.69) is 0 Å². The molecule has 0 aliphatic carbocycles. The van der Waals surface area contributed by atoms with Crippen LogP contribution in [0.15, 0.2) is 36.4 Å². The maximum Gasteiger partial charge on any atom is 0.344 e. The van der Waals surface area contributed by atoms with Crippen LogP contribution in [0.5, 0.6) is 5.75 Å². The Morgan fingerprint density at radius 3 is 2.00 bits per heavy atom. The van der Waals surface area contributed by atoms with Gasteiger partial charge in [0.2, 0.25) is 0 Å². The van der Waals surface area contributed by atoms with E-state index in [4.69, 9.17) is 27.9 Å². The maximum atomic E-state index is 12.0. The summed E-state index contributed by atoms with van der Waals surface area (Å²) in [4.78, 5) is 31.9. The van der Waals surface area contributed by atoms with Gasteiger partial charge in [0.05, 0.1) is 26.5 Å². The molecule has 0 radical (unpaired) electrons. The zero-order valence-corrected chi connectivity index (χ0v) is 12.6. The molecule has 0 amide bonds. The fourth-order valence-corrected chi connectivity index (χ4v) is 2.09. The molecular weight excluding hydrogens is 351 g/mol. The molecule has 0 aromatic heterocycles. The third kappa shape index (κ3) is 3.93. The van der Waals surface area contributed by atoms with Gasteiger partial charge < -0.3 is 4.74 Å². The van der Waals surface area contributed by atoms with Gasteiger partial charge in [-0.15, -0.1) is 0 Å². The molecule has 0 aliphatic heterocycles. The summed E-state index contributed by atoms with van der Waals surface area (Å²) in [5.41, 5.74) is -1.56. The molecule has 0 spiro atoms. The first kappa shape index (κ1) is 16.7. The highest BCUT2D eigenvalue weighted by molar-refractivity contribution is 6.35. The molecule has 0 saturated heterocycles. The smallest absolute Gasteiger partial charge is 0.344 e. The molecule has 0 aliphatic rings. The van der Waals surface area contributed by atoms with Crippen LogP contribution < -0.4 is 4.74 Å². The fraction of sp³-hybridized carbons (Fsp3) is 0. The van der Waals surface area contributed by atoms with Crippen molar-refractivity contribution in [3.63, 3.8) is 0 Å². The van der Waals surface area contributed by atoms with Crippen LogP contribution >= 0.6 is 23.2 Å². The Morgan fingerprint density at radius 2 is 1.52 bits per heavy atom. The van der Waals surface area contributed by atoms with Gasteiger partial charge >= 0.3 is 5.97 Å². The number of benzene rings is 2. The number of nitro groups is 2. The average molecular weight is 357 g/mol. The Kier molecular flexibility index (Phi) is 4.77. The van der Waals surface area contributed by atoms with Crippen LogP contribution in [-0.2, 0) is 0 Å². The third-order valence-electron chi connectivity index (χ3n) is 2.66. The van der Waals surface area contributed by atoms with E-state index in [0.717, 1.165) is 18.2 Å². The van der Waals surface area contributed by atoms with Gasteiger partial charge in [-0.3, -0.25) is 20.2 Å². The molecule has 10 heteroatoms. The second-order valence-electron chi connectivity index (χ2n) is 4.22. The lowest BCUT2D eigenvalue weighted by molar-refractivity contribution is -0.394. The van der Waals surface area contributed by atoms with Crippen LogP contribution in [0, 0.1) is 20.2 Å². The number of carbonyl (C=O) groups excluding carboxylic acids is 1. The van der Waals surface area contributed by atoms with Gasteiger partial charge in [-0.2, -0.15) is 0 Å². The van der Waals surface area contributed by atoms with Crippen molar-refractivity contribution >= 4 is 40.5 Å². The highest BCUT2D eigenvalue weighted by Crippen LogP contribution is 2.29. The molecule has 118 valence electrons. The normalized spacial score (nSPS) is 10.2. The average Bonchev–Trinajstić information content (AvgIpc) is 2.49. The van der Waals surface area contributed by atoms with Gasteiger partial charge in [-0.1, -0.05) is 23.2 Å².